The maximum Gasteiger partial charge on any atom is 0.128 e. The molecule has 18 heavy (non-hydrogen) atoms. The van der Waals surface area contributed by atoms with Gasteiger partial charge in [-0.25, -0.2) is 4.98 Å². The number of hydrogen-bond donors (Lipinski definition) is 3. The second-order valence-electron chi connectivity index (χ2n) is 4.63. The van der Waals surface area contributed by atoms with Crippen molar-refractivity contribution in [3.8, 4) is 0 Å². The Balaban J connectivity index is 1.95. The number of hydrazine groups is 1. The molecule has 1 aromatic carbocycles. The van der Waals surface area contributed by atoms with Gasteiger partial charge < -0.3 is 5.73 Å². The summed E-state index contributed by atoms with van der Waals surface area (Å²) in [5, 5.41) is 0. The molecule has 1 aliphatic carbocycles. The third-order valence-electron chi connectivity index (χ3n) is 3.68. The summed E-state index contributed by atoms with van der Waals surface area (Å²) in [5.41, 5.74) is 12.5. The Bertz CT molecular complexity index is 567. The fourth-order valence-electron chi connectivity index (χ4n) is 2.71. The van der Waals surface area contributed by atoms with E-state index in [1.54, 1.807) is 6.20 Å². The summed E-state index contributed by atoms with van der Waals surface area (Å²) in [4.78, 5) is 4.13. The van der Waals surface area contributed by atoms with Crippen LogP contribution < -0.4 is 17.0 Å². The first-order valence-corrected chi connectivity index (χ1v) is 6.05. The molecule has 1 aliphatic rings. The molecule has 1 heterocycles. The minimum absolute atomic E-state index is 0.0219. The van der Waals surface area contributed by atoms with E-state index >= 15 is 0 Å². The number of rotatable bonds is 3. The molecule has 0 aliphatic heterocycles. The first-order valence-electron chi connectivity index (χ1n) is 6.05. The molecular formula is C14H16N4. The van der Waals surface area contributed by atoms with Gasteiger partial charge in [0.1, 0.15) is 5.82 Å². The van der Waals surface area contributed by atoms with E-state index in [1.807, 2.05) is 12.1 Å². The highest BCUT2D eigenvalue weighted by molar-refractivity contribution is 5.47. The Kier molecular flexibility index (Phi) is 2.74. The summed E-state index contributed by atoms with van der Waals surface area (Å²) in [6.07, 6.45) is 2.72. The highest BCUT2D eigenvalue weighted by atomic mass is 15.2. The lowest BCUT2D eigenvalue weighted by molar-refractivity contribution is 0.419. The van der Waals surface area contributed by atoms with Crippen LogP contribution in [0.2, 0.25) is 0 Å². The summed E-state index contributed by atoms with van der Waals surface area (Å²) in [6.45, 7) is 0. The molecular weight excluding hydrogens is 224 g/mol. The number of nitrogens with two attached hydrogens (primary N) is 2. The molecule has 3 rings (SSSR count). The largest absolute Gasteiger partial charge is 0.383 e. The highest BCUT2D eigenvalue weighted by Gasteiger charge is 2.34. The number of nitrogens with zero attached hydrogens (tertiary/aromatic N) is 1. The molecule has 0 bridgehead atoms. The van der Waals surface area contributed by atoms with Crippen LogP contribution in [0.1, 0.15) is 28.7 Å². The van der Waals surface area contributed by atoms with Crippen molar-refractivity contribution in [2.75, 3.05) is 5.73 Å². The van der Waals surface area contributed by atoms with Gasteiger partial charge in [0.2, 0.25) is 0 Å². The number of hydrogen-bond acceptors (Lipinski definition) is 4. The zero-order chi connectivity index (χ0) is 12.5. The molecule has 0 radical (unpaired) electrons. The lowest BCUT2D eigenvalue weighted by Gasteiger charge is -2.36. The smallest absolute Gasteiger partial charge is 0.128 e. The zero-order valence-electron chi connectivity index (χ0n) is 10.0. The van der Waals surface area contributed by atoms with Gasteiger partial charge in [-0.15, -0.1) is 0 Å². The van der Waals surface area contributed by atoms with Gasteiger partial charge in [0, 0.05) is 17.7 Å². The molecule has 0 saturated carbocycles. The van der Waals surface area contributed by atoms with Gasteiger partial charge in [-0.2, -0.15) is 0 Å². The zero-order valence-corrected chi connectivity index (χ0v) is 10.0. The van der Waals surface area contributed by atoms with E-state index in [2.05, 4.69) is 34.7 Å². The van der Waals surface area contributed by atoms with E-state index in [4.69, 9.17) is 11.6 Å². The molecule has 4 heteroatoms. The van der Waals surface area contributed by atoms with Crippen LogP contribution in [-0.4, -0.2) is 4.98 Å². The molecule has 1 aromatic heterocycles. The molecule has 0 fully saturated rings. The summed E-state index contributed by atoms with van der Waals surface area (Å²) in [7, 11) is 0. The normalized spacial score (nSPS) is 18.8. The fraction of sp³-hybridized carbons (Fsp3) is 0.214. The second kappa shape index (κ2) is 4.40. The number of nitrogens with one attached hydrogen (secondary N) is 1. The van der Waals surface area contributed by atoms with E-state index in [9.17, 15) is 0 Å². The molecule has 2 aromatic rings. The van der Waals surface area contributed by atoms with Crippen molar-refractivity contribution >= 4 is 5.82 Å². The Morgan fingerprint density at radius 3 is 2.78 bits per heavy atom. The van der Waals surface area contributed by atoms with E-state index in [0.29, 0.717) is 11.7 Å². The monoisotopic (exact) mass is 240 g/mol. The maximum atomic E-state index is 5.93. The Morgan fingerprint density at radius 1 is 1.22 bits per heavy atom. The standard InChI is InChI=1S/C14H16N4/c15-14-11(6-3-7-17-14)13(18-16)12-8-9-4-1-2-5-10(9)12/h1-7,12-13,18H,8,16H2,(H2,15,17). The van der Waals surface area contributed by atoms with Crippen LogP contribution in [0.3, 0.4) is 0 Å². The number of nitrogen functional groups attached to an aromatic ring is 1. The van der Waals surface area contributed by atoms with Crippen LogP contribution in [0.25, 0.3) is 0 Å². The molecule has 0 amide bonds. The Labute approximate surface area is 106 Å². The molecule has 2 unspecified atom stereocenters. The molecule has 0 saturated heterocycles. The molecule has 0 spiro atoms. The number of benzene rings is 1. The van der Waals surface area contributed by atoms with E-state index < -0.39 is 0 Å². The molecule has 4 nitrogen and oxygen atoms in total. The minimum atomic E-state index is 0.0219. The predicted octanol–water partition coefficient (Wildman–Crippen LogP) is 1.51. The lowest BCUT2D eigenvalue weighted by atomic mass is 9.72. The number of fused-ring (bicyclic) bond motifs is 1. The summed E-state index contributed by atoms with van der Waals surface area (Å²) < 4.78 is 0. The number of anilines is 1. The van der Waals surface area contributed by atoms with Crippen molar-refractivity contribution in [3.05, 3.63) is 59.3 Å². The maximum absolute atomic E-state index is 5.93. The van der Waals surface area contributed by atoms with Crippen LogP contribution in [0.5, 0.6) is 0 Å². The van der Waals surface area contributed by atoms with Gasteiger partial charge in [0.25, 0.3) is 0 Å². The van der Waals surface area contributed by atoms with Gasteiger partial charge in [0.05, 0.1) is 6.04 Å². The molecule has 92 valence electrons. The van der Waals surface area contributed by atoms with Crippen molar-refractivity contribution in [1.82, 2.24) is 10.4 Å². The van der Waals surface area contributed by atoms with Crippen molar-refractivity contribution < 1.29 is 0 Å². The van der Waals surface area contributed by atoms with E-state index in [-0.39, 0.29) is 6.04 Å². The van der Waals surface area contributed by atoms with Crippen LogP contribution in [-0.2, 0) is 6.42 Å². The predicted molar refractivity (Wildman–Crippen MR) is 71.6 cm³/mol. The number of aromatic nitrogens is 1. The first kappa shape index (κ1) is 11.2. The van der Waals surface area contributed by atoms with Gasteiger partial charge in [-0.3, -0.25) is 11.3 Å². The van der Waals surface area contributed by atoms with Crippen LogP contribution in [0.15, 0.2) is 42.6 Å². The van der Waals surface area contributed by atoms with Crippen molar-refractivity contribution in [3.63, 3.8) is 0 Å². The summed E-state index contributed by atoms with van der Waals surface area (Å²) in [6, 6.07) is 12.3. The van der Waals surface area contributed by atoms with Gasteiger partial charge in [-0.05, 0) is 23.6 Å². The summed E-state index contributed by atoms with van der Waals surface area (Å²) in [5.74, 6) is 6.63. The van der Waals surface area contributed by atoms with Crippen LogP contribution >= 0.6 is 0 Å². The number of pyridine rings is 1. The van der Waals surface area contributed by atoms with Crippen molar-refractivity contribution in [1.29, 1.82) is 0 Å². The molecule has 2 atom stereocenters. The lowest BCUT2D eigenvalue weighted by Crippen LogP contribution is -2.37. The van der Waals surface area contributed by atoms with E-state index in [0.717, 1.165) is 12.0 Å². The van der Waals surface area contributed by atoms with Crippen molar-refractivity contribution in [2.24, 2.45) is 5.84 Å². The average molecular weight is 240 g/mol. The first-order chi connectivity index (χ1) is 8.81. The van der Waals surface area contributed by atoms with Gasteiger partial charge in [0.15, 0.2) is 0 Å². The highest BCUT2D eigenvalue weighted by Crippen LogP contribution is 2.43. The van der Waals surface area contributed by atoms with Crippen LogP contribution in [0, 0.1) is 0 Å². The van der Waals surface area contributed by atoms with E-state index in [1.165, 1.54) is 11.1 Å². The Morgan fingerprint density at radius 2 is 2.06 bits per heavy atom. The topological polar surface area (TPSA) is 77.0 Å². The minimum Gasteiger partial charge on any atom is -0.383 e. The Hall–Kier alpha value is -1.91. The SMILES string of the molecule is NNC(c1cccnc1N)C1Cc2ccccc21. The van der Waals surface area contributed by atoms with Crippen molar-refractivity contribution in [2.45, 2.75) is 18.4 Å². The quantitative estimate of drug-likeness (QED) is 0.561. The average Bonchev–Trinajstić information content (AvgIpc) is 2.37. The van der Waals surface area contributed by atoms with Gasteiger partial charge in [-0.1, -0.05) is 30.3 Å². The summed E-state index contributed by atoms with van der Waals surface area (Å²) >= 11 is 0. The van der Waals surface area contributed by atoms with Gasteiger partial charge >= 0.3 is 0 Å². The van der Waals surface area contributed by atoms with Crippen LogP contribution in [0.4, 0.5) is 5.82 Å². The second-order valence-corrected chi connectivity index (χ2v) is 4.63. The third kappa shape index (κ3) is 1.66. The molecule has 5 N–H and O–H groups in total. The fourth-order valence-corrected chi connectivity index (χ4v) is 2.71. The third-order valence-corrected chi connectivity index (χ3v) is 3.68.